The van der Waals surface area contributed by atoms with Gasteiger partial charge in [-0.15, -0.1) is 0 Å². The van der Waals surface area contributed by atoms with Crippen LogP contribution in [0, 0.1) is 17.8 Å². The Bertz CT molecular complexity index is 1480. The van der Waals surface area contributed by atoms with Gasteiger partial charge in [0.25, 0.3) is 0 Å². The highest BCUT2D eigenvalue weighted by Gasteiger charge is 2.44. The Morgan fingerprint density at radius 3 is 2.09 bits per heavy atom. The number of rotatable bonds is 20. The first-order chi connectivity index (χ1) is 25.7. The number of Topliss-reactive ketones (excluding diaryl/α,β-unsaturated/α-hetero) is 1. The molecule has 1 unspecified atom stereocenters. The lowest BCUT2D eigenvalue weighted by atomic mass is 9.89. The fourth-order valence-corrected chi connectivity index (χ4v) is 9.30. The summed E-state index contributed by atoms with van der Waals surface area (Å²) in [7, 11) is 8.23. The molecule has 3 amide bonds. The number of hydrogen-bond acceptors (Lipinski definition) is 8. The highest BCUT2D eigenvalue weighted by molar-refractivity contribution is 7.59. The van der Waals surface area contributed by atoms with Gasteiger partial charge in [-0.1, -0.05) is 71.4 Å². The number of ketones is 1. The summed E-state index contributed by atoms with van der Waals surface area (Å²) in [5.74, 6) is -2.72. The molecule has 1 aromatic carbocycles. The average molecular weight is 793 g/mol. The number of likely N-dealkylation sites (tertiary alicyclic amines) is 1. The lowest BCUT2D eigenvalue weighted by Gasteiger charge is -2.40. The van der Waals surface area contributed by atoms with Crippen LogP contribution in [0.5, 0.6) is 0 Å². The minimum atomic E-state index is -4.13. The van der Waals surface area contributed by atoms with Gasteiger partial charge < -0.3 is 39.3 Å². The lowest BCUT2D eigenvalue weighted by molar-refractivity contribution is -0.146. The largest absolute Gasteiger partial charge is 0.379 e. The van der Waals surface area contributed by atoms with E-state index in [-0.39, 0.29) is 36.5 Å². The van der Waals surface area contributed by atoms with E-state index >= 15 is 0 Å². The van der Waals surface area contributed by atoms with E-state index in [1.165, 1.54) is 14.0 Å². The van der Waals surface area contributed by atoms with Crippen LogP contribution in [0.3, 0.4) is 0 Å². The summed E-state index contributed by atoms with van der Waals surface area (Å²) in [5, 5.41) is 2.77. The van der Waals surface area contributed by atoms with Crippen LogP contribution in [-0.4, -0.2) is 152 Å². The van der Waals surface area contributed by atoms with E-state index in [9.17, 15) is 28.6 Å². The van der Waals surface area contributed by atoms with E-state index in [4.69, 9.17) is 14.5 Å². The van der Waals surface area contributed by atoms with Crippen molar-refractivity contribution in [2.24, 2.45) is 22.7 Å². The van der Waals surface area contributed by atoms with Crippen LogP contribution < -0.4 is 5.32 Å². The maximum Gasteiger partial charge on any atom is 0.247 e. The number of nitrogens with one attached hydrogen (secondary N) is 1. The molecule has 1 aliphatic rings. The zero-order chi connectivity index (χ0) is 41.8. The molecule has 1 saturated heterocycles. The Labute approximate surface area is 329 Å². The maximum absolute atomic E-state index is 14.2. The Balaban J connectivity index is 2.36. The van der Waals surface area contributed by atoms with Crippen molar-refractivity contribution in [1.82, 2.24) is 24.9 Å². The number of carbonyl (C=O) groups is 4. The van der Waals surface area contributed by atoms with Gasteiger partial charge in [0.2, 0.25) is 25.1 Å². The number of benzene rings is 1. The van der Waals surface area contributed by atoms with Crippen LogP contribution in [0.25, 0.3) is 0 Å². The van der Waals surface area contributed by atoms with E-state index in [1.807, 2.05) is 64.8 Å². The summed E-state index contributed by atoms with van der Waals surface area (Å²) < 4.78 is 25.4. The molecule has 1 aliphatic heterocycles. The molecule has 312 valence electrons. The van der Waals surface area contributed by atoms with Gasteiger partial charge in [0.15, 0.2) is 5.96 Å². The highest BCUT2D eigenvalue weighted by atomic mass is 31.2. The zero-order valence-electron chi connectivity index (χ0n) is 35.5. The lowest BCUT2D eigenvalue weighted by Crippen LogP contribution is -2.55. The molecule has 1 heterocycles. The van der Waals surface area contributed by atoms with Crippen molar-refractivity contribution in [3.05, 3.63) is 35.9 Å². The minimum Gasteiger partial charge on any atom is -0.379 e. The monoisotopic (exact) mass is 792 g/mol. The van der Waals surface area contributed by atoms with Gasteiger partial charge in [0.05, 0.1) is 42.8 Å². The predicted molar refractivity (Wildman–Crippen MR) is 217 cm³/mol. The number of hydrogen-bond donors (Lipinski definition) is 2. The molecule has 55 heavy (non-hydrogen) atoms. The molecule has 0 aliphatic carbocycles. The number of methoxy groups -OCH3 is 2. The van der Waals surface area contributed by atoms with Gasteiger partial charge in [-0.3, -0.25) is 23.7 Å². The van der Waals surface area contributed by atoms with Crippen LogP contribution >= 0.6 is 7.37 Å². The van der Waals surface area contributed by atoms with Crippen LogP contribution in [0.1, 0.15) is 72.8 Å². The molecule has 2 rings (SSSR count). The van der Waals surface area contributed by atoms with Crippen molar-refractivity contribution in [1.29, 1.82) is 0 Å². The Morgan fingerprint density at radius 1 is 1.00 bits per heavy atom. The van der Waals surface area contributed by atoms with Crippen molar-refractivity contribution in [2.45, 2.75) is 110 Å². The summed E-state index contributed by atoms with van der Waals surface area (Å²) in [4.78, 5) is 77.3. The third-order valence-corrected chi connectivity index (χ3v) is 12.9. The first-order valence-corrected chi connectivity index (χ1v) is 21.3. The summed E-state index contributed by atoms with van der Waals surface area (Å²) in [6.45, 7) is 11.4. The number of nitrogens with zero attached hydrogens (tertiary/aromatic N) is 5. The van der Waals surface area contributed by atoms with Gasteiger partial charge >= 0.3 is 0 Å². The number of ether oxygens (including phenoxy) is 2. The molecule has 0 bridgehead atoms. The van der Waals surface area contributed by atoms with Crippen molar-refractivity contribution in [3.8, 4) is 0 Å². The first kappa shape index (κ1) is 47.8. The number of guanidine groups is 1. The van der Waals surface area contributed by atoms with E-state index in [1.54, 1.807) is 55.1 Å². The van der Waals surface area contributed by atoms with E-state index < -0.39 is 67.3 Å². The van der Waals surface area contributed by atoms with Gasteiger partial charge in [0.1, 0.15) is 17.6 Å². The third kappa shape index (κ3) is 13.1. The summed E-state index contributed by atoms with van der Waals surface area (Å²) in [6.07, 6.45) is 0.197. The second-order valence-electron chi connectivity index (χ2n) is 15.8. The Hall–Kier alpha value is -3.32. The van der Waals surface area contributed by atoms with Crippen molar-refractivity contribution in [2.75, 3.05) is 62.2 Å². The number of carbonyl (C=O) groups excluding carboxylic acids is 4. The van der Waals surface area contributed by atoms with Crippen molar-refractivity contribution in [3.63, 3.8) is 0 Å². The molecular weight excluding hydrogens is 723 g/mol. The summed E-state index contributed by atoms with van der Waals surface area (Å²) in [5.41, 5.74) is 0.740. The summed E-state index contributed by atoms with van der Waals surface area (Å²) in [6, 6.07) is 7.49. The molecule has 0 radical (unpaired) electrons. The topological polar surface area (TPSA) is 161 Å². The quantitative estimate of drug-likeness (QED) is 0.112. The molecule has 14 nitrogen and oxygen atoms in total. The normalized spacial score (nSPS) is 19.3. The molecule has 1 aromatic rings. The van der Waals surface area contributed by atoms with Gasteiger partial charge in [0, 0.05) is 62.4 Å². The molecule has 15 heteroatoms. The van der Waals surface area contributed by atoms with Crippen LogP contribution in [-0.2, 0) is 39.6 Å². The number of aliphatic imine (C=N–C) groups is 1. The molecule has 2 N–H and O–H groups in total. The van der Waals surface area contributed by atoms with Crippen molar-refractivity contribution < 1.29 is 38.1 Å². The van der Waals surface area contributed by atoms with Gasteiger partial charge in [-0.2, -0.15) is 0 Å². The molecule has 0 aromatic heterocycles. The first-order valence-electron chi connectivity index (χ1n) is 19.4. The predicted octanol–water partition coefficient (Wildman–Crippen LogP) is 3.95. The van der Waals surface area contributed by atoms with Crippen LogP contribution in [0.4, 0.5) is 0 Å². The standard InChI is InChI=1S/C40H69N6O8P/c1-14-27(4)36(45(11)39(50)35(26(2)3)42-40(43(7)8)44(9)10)32(53-12)24-34(48)46-22-18-21-31(46)37(54-13)29(6)38(49)41-33(55(51,52)25-28(5)47)23-30-19-16-15-17-20-30/h15-17,19-20,26-27,29,31-33,35-37H,14,18,21-25H2,1-13H3,(H,41,49)(H,51,52)/t27-,29+,31-,32+,33+,35-,36-,37+/m0/s1. The molecule has 0 spiro atoms. The van der Waals surface area contributed by atoms with E-state index in [2.05, 4.69) is 12.2 Å². The second kappa shape index (κ2) is 21.8. The fraction of sp³-hybridized carbons (Fsp3) is 0.725. The molecule has 0 saturated carbocycles. The van der Waals surface area contributed by atoms with E-state index in [0.717, 1.165) is 12.0 Å². The third-order valence-electron chi connectivity index (χ3n) is 10.7. The molecule has 9 atom stereocenters. The van der Waals surface area contributed by atoms with Crippen molar-refractivity contribution >= 4 is 36.8 Å². The van der Waals surface area contributed by atoms with E-state index in [0.29, 0.717) is 25.3 Å². The van der Waals surface area contributed by atoms with Crippen LogP contribution in [0.15, 0.2) is 35.3 Å². The highest BCUT2D eigenvalue weighted by Crippen LogP contribution is 2.46. The Kier molecular flexibility index (Phi) is 19.0. The summed E-state index contributed by atoms with van der Waals surface area (Å²) >= 11 is 0. The molecular formula is C40H69N6O8P. The fourth-order valence-electron chi connectivity index (χ4n) is 7.62. The zero-order valence-corrected chi connectivity index (χ0v) is 36.4. The smallest absolute Gasteiger partial charge is 0.247 e. The maximum atomic E-state index is 14.2. The average Bonchev–Trinajstić information content (AvgIpc) is 3.60. The Morgan fingerprint density at radius 2 is 1.60 bits per heavy atom. The minimum absolute atomic E-state index is 0.00475. The van der Waals surface area contributed by atoms with Gasteiger partial charge in [-0.05, 0) is 37.2 Å². The number of likely N-dealkylation sites (N-methyl/N-ethyl adjacent to an activating group) is 1. The van der Waals surface area contributed by atoms with Crippen LogP contribution in [0.2, 0.25) is 0 Å². The second-order valence-corrected chi connectivity index (χ2v) is 18.3. The number of amides is 3. The molecule has 1 fully saturated rings. The van der Waals surface area contributed by atoms with Gasteiger partial charge in [-0.25, -0.2) is 4.99 Å². The SMILES string of the molecule is CC[C@H](C)[C@@H]([C@@H](CC(=O)N1CCC[C@H]1[C@H](OC)[C@@H](C)C(=O)N[C@@H](Cc1ccccc1)P(=O)(O)CC(C)=O)OC)N(C)C(=O)[C@@H](N=C(N(C)C)N(C)C)C(C)C.